The van der Waals surface area contributed by atoms with E-state index in [0.29, 0.717) is 0 Å². The van der Waals surface area contributed by atoms with E-state index in [2.05, 4.69) is 37.1 Å². The molecule has 1 saturated carbocycles. The van der Waals surface area contributed by atoms with Gasteiger partial charge in [-0.15, -0.1) is 0 Å². The predicted octanol–water partition coefficient (Wildman–Crippen LogP) is 3.04. The van der Waals surface area contributed by atoms with E-state index in [9.17, 15) is 4.79 Å². The molecule has 3 heteroatoms. The third-order valence-corrected chi connectivity index (χ3v) is 3.84. The van der Waals surface area contributed by atoms with Crippen LogP contribution in [0.4, 0.5) is 5.69 Å². The normalized spacial score (nSPS) is 20.4. The summed E-state index contributed by atoms with van der Waals surface area (Å²) in [4.78, 5) is 14.3. The Kier molecular flexibility index (Phi) is 3.68. The Labute approximate surface area is 116 Å². The summed E-state index contributed by atoms with van der Waals surface area (Å²) in [6, 6.07) is 6.21. The number of amides is 1. The van der Waals surface area contributed by atoms with Crippen LogP contribution in [0.15, 0.2) is 18.2 Å². The summed E-state index contributed by atoms with van der Waals surface area (Å²) < 4.78 is 0. The third-order valence-electron chi connectivity index (χ3n) is 3.84. The molecule has 1 aliphatic rings. The number of rotatable bonds is 4. The molecule has 1 aliphatic carbocycles. The van der Waals surface area contributed by atoms with Gasteiger partial charge in [-0.1, -0.05) is 31.5 Å². The first-order valence-electron chi connectivity index (χ1n) is 6.85. The van der Waals surface area contributed by atoms with Crippen LogP contribution in [0, 0.1) is 18.3 Å². The number of anilines is 1. The first-order valence-corrected chi connectivity index (χ1v) is 6.85. The van der Waals surface area contributed by atoms with Gasteiger partial charge in [-0.3, -0.25) is 4.79 Å². The molecule has 0 unspecified atom stereocenters. The number of nitrogens with one attached hydrogen (secondary N) is 1. The summed E-state index contributed by atoms with van der Waals surface area (Å²) in [5, 5.41) is 3.10. The Morgan fingerprint density at radius 3 is 2.58 bits per heavy atom. The van der Waals surface area contributed by atoms with Crippen LogP contribution in [0.1, 0.15) is 31.4 Å². The lowest BCUT2D eigenvalue weighted by molar-refractivity contribution is -0.118. The smallest absolute Gasteiger partial charge is 0.228 e. The number of nitrogens with zero attached hydrogens (tertiary/aromatic N) is 1. The SMILES string of the molecule is Cc1ccc(NC(=O)[C@H]2CC2(C)C)c(CN(C)C)c1. The molecule has 1 atom stereocenters. The number of hydrogen-bond donors (Lipinski definition) is 1. The molecule has 1 amide bonds. The van der Waals surface area contributed by atoms with Crippen LogP contribution < -0.4 is 5.32 Å². The maximum atomic E-state index is 12.2. The molecule has 0 aliphatic heterocycles. The van der Waals surface area contributed by atoms with Crippen molar-refractivity contribution in [1.82, 2.24) is 4.90 Å². The zero-order valence-corrected chi connectivity index (χ0v) is 12.6. The Hall–Kier alpha value is -1.35. The van der Waals surface area contributed by atoms with Gasteiger partial charge in [0.15, 0.2) is 0 Å². The zero-order valence-electron chi connectivity index (χ0n) is 12.6. The number of carbonyl (C=O) groups excluding carboxylic acids is 1. The summed E-state index contributed by atoms with van der Waals surface area (Å²) in [6.45, 7) is 7.21. The maximum Gasteiger partial charge on any atom is 0.228 e. The topological polar surface area (TPSA) is 32.3 Å². The first kappa shape index (κ1) is 14.1. The van der Waals surface area contributed by atoms with Gasteiger partial charge >= 0.3 is 0 Å². The molecule has 1 N–H and O–H groups in total. The highest BCUT2D eigenvalue weighted by Gasteiger charge is 2.50. The van der Waals surface area contributed by atoms with E-state index in [-0.39, 0.29) is 17.2 Å². The molecule has 3 nitrogen and oxygen atoms in total. The van der Waals surface area contributed by atoms with Gasteiger partial charge in [0.25, 0.3) is 0 Å². The summed E-state index contributed by atoms with van der Waals surface area (Å²) >= 11 is 0. The molecule has 1 aromatic rings. The molecular weight excluding hydrogens is 236 g/mol. The minimum Gasteiger partial charge on any atom is -0.326 e. The average molecular weight is 260 g/mol. The Morgan fingerprint density at radius 2 is 2.05 bits per heavy atom. The monoisotopic (exact) mass is 260 g/mol. The van der Waals surface area contributed by atoms with Gasteiger partial charge in [0, 0.05) is 18.2 Å². The van der Waals surface area contributed by atoms with Gasteiger partial charge in [0.05, 0.1) is 0 Å². The largest absolute Gasteiger partial charge is 0.326 e. The minimum atomic E-state index is 0.161. The fourth-order valence-corrected chi connectivity index (χ4v) is 2.45. The molecule has 0 spiro atoms. The quantitative estimate of drug-likeness (QED) is 0.902. The second kappa shape index (κ2) is 4.97. The van der Waals surface area contributed by atoms with E-state index in [1.807, 2.05) is 26.2 Å². The van der Waals surface area contributed by atoms with E-state index in [0.717, 1.165) is 18.7 Å². The number of benzene rings is 1. The van der Waals surface area contributed by atoms with Crippen molar-refractivity contribution in [2.45, 2.75) is 33.7 Å². The van der Waals surface area contributed by atoms with Crippen molar-refractivity contribution in [2.24, 2.45) is 11.3 Å². The average Bonchev–Trinajstić information content (AvgIpc) is 2.91. The Bertz CT molecular complexity index is 492. The first-order chi connectivity index (χ1) is 8.79. The van der Waals surface area contributed by atoms with Crippen LogP contribution in [-0.4, -0.2) is 24.9 Å². The van der Waals surface area contributed by atoms with E-state index < -0.39 is 0 Å². The lowest BCUT2D eigenvalue weighted by Gasteiger charge is -2.16. The van der Waals surface area contributed by atoms with Crippen LogP contribution >= 0.6 is 0 Å². The molecular formula is C16H24N2O. The van der Waals surface area contributed by atoms with Crippen molar-refractivity contribution in [3.8, 4) is 0 Å². The third kappa shape index (κ3) is 3.35. The van der Waals surface area contributed by atoms with Gasteiger partial charge in [0.1, 0.15) is 0 Å². The highest BCUT2D eigenvalue weighted by molar-refractivity contribution is 5.95. The standard InChI is InChI=1S/C16H24N2O/c1-11-6-7-14(12(8-11)10-18(4)5)17-15(19)13-9-16(13,2)3/h6-8,13H,9-10H2,1-5H3,(H,17,19)/t13-/m1/s1. The molecule has 19 heavy (non-hydrogen) atoms. The van der Waals surface area contributed by atoms with Crippen LogP contribution in [-0.2, 0) is 11.3 Å². The van der Waals surface area contributed by atoms with Gasteiger partial charge in [-0.05, 0) is 44.5 Å². The lowest BCUT2D eigenvalue weighted by Crippen LogP contribution is -2.19. The van der Waals surface area contributed by atoms with Crippen LogP contribution in [0.25, 0.3) is 0 Å². The fraction of sp³-hybridized carbons (Fsp3) is 0.562. The summed E-state index contributed by atoms with van der Waals surface area (Å²) in [5.74, 6) is 0.329. The van der Waals surface area contributed by atoms with Crippen molar-refractivity contribution in [2.75, 3.05) is 19.4 Å². The molecule has 2 rings (SSSR count). The van der Waals surface area contributed by atoms with Gasteiger partial charge in [0.2, 0.25) is 5.91 Å². The summed E-state index contributed by atoms with van der Waals surface area (Å²) in [7, 11) is 4.08. The van der Waals surface area contributed by atoms with Crippen molar-refractivity contribution in [3.63, 3.8) is 0 Å². The molecule has 0 aromatic heterocycles. The zero-order chi connectivity index (χ0) is 14.2. The molecule has 104 valence electrons. The van der Waals surface area contributed by atoms with Crippen LogP contribution in [0.5, 0.6) is 0 Å². The maximum absolute atomic E-state index is 12.2. The van der Waals surface area contributed by atoms with E-state index in [4.69, 9.17) is 0 Å². The van der Waals surface area contributed by atoms with Gasteiger partial charge in [-0.25, -0.2) is 0 Å². The summed E-state index contributed by atoms with van der Waals surface area (Å²) in [5.41, 5.74) is 3.53. The Balaban J connectivity index is 2.13. The molecule has 0 saturated heterocycles. The van der Waals surface area contributed by atoms with E-state index in [1.54, 1.807) is 0 Å². The van der Waals surface area contributed by atoms with Crippen LogP contribution in [0.2, 0.25) is 0 Å². The van der Waals surface area contributed by atoms with E-state index >= 15 is 0 Å². The van der Waals surface area contributed by atoms with Gasteiger partial charge in [-0.2, -0.15) is 0 Å². The fourth-order valence-electron chi connectivity index (χ4n) is 2.45. The highest BCUT2D eigenvalue weighted by atomic mass is 16.2. The lowest BCUT2D eigenvalue weighted by atomic mass is 10.1. The number of hydrogen-bond acceptors (Lipinski definition) is 2. The molecule has 0 bridgehead atoms. The highest BCUT2D eigenvalue weighted by Crippen LogP contribution is 2.52. The summed E-state index contributed by atoms with van der Waals surface area (Å²) in [6.07, 6.45) is 0.994. The van der Waals surface area contributed by atoms with E-state index in [1.165, 1.54) is 11.1 Å². The predicted molar refractivity (Wildman–Crippen MR) is 79.1 cm³/mol. The molecule has 1 fully saturated rings. The second-order valence-electron chi connectivity index (χ2n) is 6.63. The Morgan fingerprint density at radius 1 is 1.42 bits per heavy atom. The number of aryl methyl sites for hydroxylation is 1. The minimum absolute atomic E-state index is 0.161. The van der Waals surface area contributed by atoms with Gasteiger partial charge < -0.3 is 10.2 Å². The van der Waals surface area contributed by atoms with Crippen molar-refractivity contribution >= 4 is 11.6 Å². The van der Waals surface area contributed by atoms with Crippen molar-refractivity contribution in [1.29, 1.82) is 0 Å². The molecule has 0 heterocycles. The van der Waals surface area contributed by atoms with Crippen molar-refractivity contribution < 1.29 is 4.79 Å². The molecule has 0 radical (unpaired) electrons. The molecule has 1 aromatic carbocycles. The van der Waals surface area contributed by atoms with Crippen molar-refractivity contribution in [3.05, 3.63) is 29.3 Å². The number of carbonyl (C=O) groups is 1. The van der Waals surface area contributed by atoms with Crippen LogP contribution in [0.3, 0.4) is 0 Å². The second-order valence-corrected chi connectivity index (χ2v) is 6.63.